The van der Waals surface area contributed by atoms with E-state index in [1.807, 2.05) is 24.9 Å². The monoisotopic (exact) mass is 354 g/mol. The molecule has 1 aromatic heterocycles. The van der Waals surface area contributed by atoms with Crippen LogP contribution in [0.4, 0.5) is 4.39 Å². The van der Waals surface area contributed by atoms with Crippen molar-refractivity contribution in [3.8, 4) is 0 Å². The summed E-state index contributed by atoms with van der Waals surface area (Å²) in [4.78, 5) is 2.97. The Morgan fingerprint density at radius 2 is 1.91 bits per heavy atom. The maximum atomic E-state index is 14.1. The van der Waals surface area contributed by atoms with Gasteiger partial charge >= 0.3 is 0 Å². The van der Waals surface area contributed by atoms with E-state index in [1.165, 1.54) is 21.7 Å². The molecule has 0 N–H and O–H groups in total. The molecule has 7 heteroatoms. The van der Waals surface area contributed by atoms with Crippen molar-refractivity contribution in [2.24, 2.45) is 0 Å². The van der Waals surface area contributed by atoms with Gasteiger partial charge in [0, 0.05) is 30.1 Å². The molecule has 3 rings (SSSR count). The van der Waals surface area contributed by atoms with Gasteiger partial charge in [0.25, 0.3) is 10.0 Å². The van der Waals surface area contributed by atoms with Crippen molar-refractivity contribution in [3.63, 3.8) is 0 Å². The minimum atomic E-state index is -3.52. The largest absolute Gasteiger partial charge is 0.297 e. The highest BCUT2D eigenvalue weighted by Gasteiger charge is 2.35. The molecule has 124 valence electrons. The summed E-state index contributed by atoms with van der Waals surface area (Å²) in [5.41, 5.74) is 0.539. The predicted octanol–water partition coefficient (Wildman–Crippen LogP) is 2.87. The lowest BCUT2D eigenvalue weighted by Gasteiger charge is -2.38. The maximum Gasteiger partial charge on any atom is 0.252 e. The molecule has 1 saturated heterocycles. The van der Waals surface area contributed by atoms with Crippen LogP contribution >= 0.6 is 11.3 Å². The summed E-state index contributed by atoms with van der Waals surface area (Å²) in [6, 6.07) is 9.74. The molecule has 1 unspecified atom stereocenters. The smallest absolute Gasteiger partial charge is 0.252 e. The van der Waals surface area contributed by atoms with E-state index in [0.717, 1.165) is 4.88 Å². The van der Waals surface area contributed by atoms with Crippen LogP contribution in [0.25, 0.3) is 0 Å². The van der Waals surface area contributed by atoms with Crippen LogP contribution in [0.3, 0.4) is 0 Å². The highest BCUT2D eigenvalue weighted by Crippen LogP contribution is 2.31. The fourth-order valence-corrected chi connectivity index (χ4v) is 5.70. The van der Waals surface area contributed by atoms with Gasteiger partial charge in [0.2, 0.25) is 0 Å². The quantitative estimate of drug-likeness (QED) is 0.851. The Labute approximate surface area is 140 Å². The van der Waals surface area contributed by atoms with Crippen molar-refractivity contribution < 1.29 is 12.8 Å². The van der Waals surface area contributed by atoms with Crippen LogP contribution in [0.5, 0.6) is 0 Å². The first kappa shape index (κ1) is 16.6. The number of halogens is 1. The number of sulfonamides is 1. The van der Waals surface area contributed by atoms with E-state index in [0.29, 0.717) is 22.9 Å². The highest BCUT2D eigenvalue weighted by molar-refractivity contribution is 7.91. The normalized spacial score (nSPS) is 20.7. The first-order chi connectivity index (χ1) is 10.9. The van der Waals surface area contributed by atoms with Crippen LogP contribution in [-0.2, 0) is 10.0 Å². The van der Waals surface area contributed by atoms with Gasteiger partial charge in [-0.2, -0.15) is 4.31 Å². The zero-order valence-electron chi connectivity index (χ0n) is 13.1. The number of hydrogen-bond donors (Lipinski definition) is 0. The molecule has 0 radical (unpaired) electrons. The summed E-state index contributed by atoms with van der Waals surface area (Å²) in [7, 11) is -1.62. The van der Waals surface area contributed by atoms with E-state index in [9.17, 15) is 12.8 Å². The second kappa shape index (κ2) is 6.32. The zero-order chi connectivity index (χ0) is 16.6. The molecule has 2 aromatic rings. The average molecular weight is 354 g/mol. The minimum absolute atomic E-state index is 0.261. The molecule has 23 heavy (non-hydrogen) atoms. The maximum absolute atomic E-state index is 14.1. The molecule has 4 nitrogen and oxygen atoms in total. The van der Waals surface area contributed by atoms with Crippen LogP contribution in [0.15, 0.2) is 40.6 Å². The summed E-state index contributed by atoms with van der Waals surface area (Å²) < 4.78 is 41.5. The lowest BCUT2D eigenvalue weighted by Crippen LogP contribution is -2.48. The van der Waals surface area contributed by atoms with Gasteiger partial charge in [-0.25, -0.2) is 12.8 Å². The lowest BCUT2D eigenvalue weighted by atomic mass is 10.0. The second-order valence-corrected chi connectivity index (χ2v) is 9.20. The molecule has 1 atom stereocenters. The first-order valence-electron chi connectivity index (χ1n) is 7.41. The van der Waals surface area contributed by atoms with Crippen molar-refractivity contribution in [3.05, 3.63) is 52.7 Å². The van der Waals surface area contributed by atoms with Crippen molar-refractivity contribution >= 4 is 21.4 Å². The van der Waals surface area contributed by atoms with Gasteiger partial charge in [-0.3, -0.25) is 4.90 Å². The predicted molar refractivity (Wildman–Crippen MR) is 89.6 cm³/mol. The van der Waals surface area contributed by atoms with Gasteiger partial charge in [-0.1, -0.05) is 18.2 Å². The molecule has 0 amide bonds. The molecular formula is C16H19FN2O2S2. The Morgan fingerprint density at radius 1 is 1.17 bits per heavy atom. The number of rotatable bonds is 3. The summed E-state index contributed by atoms with van der Waals surface area (Å²) >= 11 is 1.27. The third-order valence-electron chi connectivity index (χ3n) is 4.18. The lowest BCUT2D eigenvalue weighted by molar-refractivity contribution is 0.145. The second-order valence-electron chi connectivity index (χ2n) is 5.75. The van der Waals surface area contributed by atoms with Crippen molar-refractivity contribution in [2.45, 2.75) is 17.2 Å². The molecular weight excluding hydrogens is 335 g/mol. The number of piperazine rings is 1. The topological polar surface area (TPSA) is 40.6 Å². The Morgan fingerprint density at radius 3 is 2.57 bits per heavy atom. The molecule has 1 fully saturated rings. The number of aryl methyl sites for hydroxylation is 1. The first-order valence-corrected chi connectivity index (χ1v) is 9.66. The summed E-state index contributed by atoms with van der Waals surface area (Å²) in [5.74, 6) is -0.296. The average Bonchev–Trinajstić information content (AvgIpc) is 2.96. The van der Waals surface area contributed by atoms with E-state index in [4.69, 9.17) is 0 Å². The fraction of sp³-hybridized carbons (Fsp3) is 0.375. The molecule has 0 saturated carbocycles. The van der Waals surface area contributed by atoms with Crippen molar-refractivity contribution in [1.29, 1.82) is 0 Å². The Bertz CT molecular complexity index is 804. The Balaban J connectivity index is 1.90. The highest BCUT2D eigenvalue weighted by atomic mass is 32.2. The van der Waals surface area contributed by atoms with E-state index < -0.39 is 10.0 Å². The van der Waals surface area contributed by atoms with Crippen molar-refractivity contribution in [1.82, 2.24) is 9.21 Å². The summed E-state index contributed by atoms with van der Waals surface area (Å²) in [6.45, 7) is 3.13. The van der Waals surface area contributed by atoms with Gasteiger partial charge in [0.1, 0.15) is 10.0 Å². The van der Waals surface area contributed by atoms with E-state index in [2.05, 4.69) is 0 Å². The minimum Gasteiger partial charge on any atom is -0.297 e. The van der Waals surface area contributed by atoms with Gasteiger partial charge < -0.3 is 0 Å². The SMILES string of the molecule is Cc1ccc(S(=O)(=O)N2CCN(C)C(c3ccccc3F)C2)s1. The standard InChI is InChI=1S/C16H19FN2O2S2/c1-12-7-8-16(22-12)23(20,21)19-10-9-18(2)15(11-19)13-5-3-4-6-14(13)17/h3-8,15H,9-11H2,1-2H3. The summed E-state index contributed by atoms with van der Waals surface area (Å²) in [6.07, 6.45) is 0. The molecule has 2 heterocycles. The molecule has 1 aromatic carbocycles. The van der Waals surface area contributed by atoms with Crippen LogP contribution in [0, 0.1) is 12.7 Å². The van der Waals surface area contributed by atoms with E-state index in [-0.39, 0.29) is 18.4 Å². The zero-order valence-corrected chi connectivity index (χ0v) is 14.7. The molecule has 1 aliphatic heterocycles. The van der Waals surface area contributed by atoms with Gasteiger partial charge in [-0.15, -0.1) is 11.3 Å². The number of thiophene rings is 1. The Hall–Kier alpha value is -1.28. The third-order valence-corrected chi connectivity index (χ3v) is 7.52. The number of nitrogens with zero attached hydrogens (tertiary/aromatic N) is 2. The number of hydrogen-bond acceptors (Lipinski definition) is 4. The van der Waals surface area contributed by atoms with Crippen LogP contribution in [0.2, 0.25) is 0 Å². The van der Waals surface area contributed by atoms with Crippen LogP contribution < -0.4 is 0 Å². The summed E-state index contributed by atoms with van der Waals surface area (Å²) in [5, 5.41) is 0. The Kier molecular flexibility index (Phi) is 4.55. The third kappa shape index (κ3) is 3.19. The van der Waals surface area contributed by atoms with Crippen LogP contribution in [-0.4, -0.2) is 44.3 Å². The molecule has 1 aliphatic rings. The number of benzene rings is 1. The van der Waals surface area contributed by atoms with E-state index >= 15 is 0 Å². The van der Waals surface area contributed by atoms with Crippen molar-refractivity contribution in [2.75, 3.05) is 26.7 Å². The van der Waals surface area contributed by atoms with Gasteiger partial charge in [0.05, 0.1) is 6.04 Å². The molecule has 0 bridgehead atoms. The molecule has 0 spiro atoms. The molecule has 0 aliphatic carbocycles. The van der Waals surface area contributed by atoms with Gasteiger partial charge in [0.15, 0.2) is 0 Å². The fourth-order valence-electron chi connectivity index (χ4n) is 2.83. The van der Waals surface area contributed by atoms with Gasteiger partial charge in [-0.05, 0) is 32.2 Å². The number of likely N-dealkylation sites (N-methyl/N-ethyl adjacent to an activating group) is 1. The van der Waals surface area contributed by atoms with E-state index in [1.54, 1.807) is 24.3 Å². The van der Waals surface area contributed by atoms with Crippen LogP contribution in [0.1, 0.15) is 16.5 Å².